The van der Waals surface area contributed by atoms with E-state index < -0.39 is 0 Å². The molecule has 2 heterocycles. The molecule has 16 heavy (non-hydrogen) atoms. The van der Waals surface area contributed by atoms with Crippen LogP contribution >= 0.6 is 27.3 Å². The Labute approximate surface area is 107 Å². The van der Waals surface area contributed by atoms with Crippen molar-refractivity contribution in [2.24, 2.45) is 5.73 Å². The van der Waals surface area contributed by atoms with Gasteiger partial charge in [-0.1, -0.05) is 12.1 Å². The van der Waals surface area contributed by atoms with Gasteiger partial charge in [-0.3, -0.25) is 0 Å². The van der Waals surface area contributed by atoms with Crippen molar-refractivity contribution in [2.45, 2.75) is 25.9 Å². The predicted octanol–water partition coefficient (Wildman–Crippen LogP) is 2.56. The molecule has 0 spiro atoms. The maximum absolute atomic E-state index is 6.19. The number of halogens is 1. The van der Waals surface area contributed by atoms with Crippen LogP contribution in [0.2, 0.25) is 0 Å². The van der Waals surface area contributed by atoms with Gasteiger partial charge in [0.05, 0.1) is 21.7 Å². The highest BCUT2D eigenvalue weighted by Gasteiger charge is 2.15. The number of hydrogen-bond acceptors (Lipinski definition) is 4. The first-order valence-electron chi connectivity index (χ1n) is 5.10. The number of hydrogen-bond donors (Lipinski definition) is 1. The maximum atomic E-state index is 6.19. The van der Waals surface area contributed by atoms with Crippen molar-refractivity contribution in [3.8, 4) is 0 Å². The summed E-state index contributed by atoms with van der Waals surface area (Å²) in [4.78, 5) is 0. The van der Waals surface area contributed by atoms with Crippen molar-refractivity contribution >= 4 is 27.3 Å². The molecule has 2 N–H and O–H groups in total. The van der Waals surface area contributed by atoms with Gasteiger partial charge in [0.15, 0.2) is 0 Å². The van der Waals surface area contributed by atoms with Crippen molar-refractivity contribution in [3.05, 3.63) is 32.7 Å². The topological polar surface area (TPSA) is 56.7 Å². The third-order valence-electron chi connectivity index (χ3n) is 2.35. The maximum Gasteiger partial charge on any atom is 0.0800 e. The molecule has 0 aromatic carbocycles. The summed E-state index contributed by atoms with van der Waals surface area (Å²) in [6.45, 7) is 2.96. The zero-order chi connectivity index (χ0) is 11.5. The number of thiophene rings is 1. The largest absolute Gasteiger partial charge is 0.319 e. The number of aromatic nitrogens is 3. The van der Waals surface area contributed by atoms with Crippen molar-refractivity contribution < 1.29 is 0 Å². The minimum absolute atomic E-state index is 0.149. The van der Waals surface area contributed by atoms with Gasteiger partial charge in [-0.15, -0.1) is 16.4 Å². The lowest BCUT2D eigenvalue weighted by atomic mass is 10.1. The molecule has 1 unspecified atom stereocenters. The van der Waals surface area contributed by atoms with Crippen LogP contribution in [0.3, 0.4) is 0 Å². The first-order chi connectivity index (χ1) is 7.72. The van der Waals surface area contributed by atoms with Gasteiger partial charge in [0, 0.05) is 6.54 Å². The fraction of sp³-hybridized carbons (Fsp3) is 0.400. The lowest BCUT2D eigenvalue weighted by Gasteiger charge is -2.11. The first kappa shape index (κ1) is 11.8. The van der Waals surface area contributed by atoms with Crippen molar-refractivity contribution in [1.82, 2.24) is 15.0 Å². The Balaban J connectivity index is 2.26. The van der Waals surface area contributed by atoms with Gasteiger partial charge in [-0.05, 0) is 39.4 Å². The van der Waals surface area contributed by atoms with Gasteiger partial charge in [-0.25, -0.2) is 4.68 Å². The second kappa shape index (κ2) is 5.07. The Morgan fingerprint density at radius 3 is 3.06 bits per heavy atom. The molecule has 0 aliphatic carbocycles. The Morgan fingerprint density at radius 2 is 2.44 bits per heavy atom. The first-order valence-corrected chi connectivity index (χ1v) is 6.77. The zero-order valence-electron chi connectivity index (χ0n) is 8.93. The summed E-state index contributed by atoms with van der Waals surface area (Å²) in [6, 6.07) is 1.89. The van der Waals surface area contributed by atoms with Gasteiger partial charge in [0.1, 0.15) is 0 Å². The van der Waals surface area contributed by atoms with Crippen LogP contribution in [0.4, 0.5) is 0 Å². The molecule has 0 amide bonds. The minimum atomic E-state index is -0.149. The highest BCUT2D eigenvalue weighted by molar-refractivity contribution is 9.11. The molecule has 0 fully saturated rings. The molecule has 2 aromatic heterocycles. The van der Waals surface area contributed by atoms with Crippen molar-refractivity contribution in [3.63, 3.8) is 0 Å². The van der Waals surface area contributed by atoms with E-state index in [4.69, 9.17) is 5.73 Å². The third-order valence-corrected chi connectivity index (χ3v) is 3.87. The van der Waals surface area contributed by atoms with Gasteiger partial charge >= 0.3 is 0 Å². The molecular weight excluding hydrogens is 288 g/mol. The summed E-state index contributed by atoms with van der Waals surface area (Å²) in [5.74, 6) is 0. The average molecular weight is 301 g/mol. The molecule has 6 heteroatoms. The normalized spacial score (nSPS) is 12.9. The highest BCUT2D eigenvalue weighted by atomic mass is 79.9. The van der Waals surface area contributed by atoms with Crippen LogP contribution in [0.5, 0.6) is 0 Å². The Hall–Kier alpha value is -0.720. The number of rotatable bonds is 4. The van der Waals surface area contributed by atoms with E-state index in [1.807, 2.05) is 10.7 Å². The van der Waals surface area contributed by atoms with Crippen molar-refractivity contribution in [1.29, 1.82) is 0 Å². The zero-order valence-corrected chi connectivity index (χ0v) is 11.3. The lowest BCUT2D eigenvalue weighted by molar-refractivity contribution is 0.544. The summed E-state index contributed by atoms with van der Waals surface area (Å²) >= 11 is 5.07. The average Bonchev–Trinajstić information content (AvgIpc) is 2.87. The fourth-order valence-corrected chi connectivity index (χ4v) is 2.76. The van der Waals surface area contributed by atoms with E-state index >= 15 is 0 Å². The van der Waals surface area contributed by atoms with E-state index in [1.165, 1.54) is 0 Å². The van der Waals surface area contributed by atoms with Crippen LogP contribution in [-0.2, 0) is 6.54 Å². The minimum Gasteiger partial charge on any atom is -0.319 e. The molecule has 0 bridgehead atoms. The second-order valence-electron chi connectivity index (χ2n) is 3.54. The molecule has 2 aromatic rings. The van der Waals surface area contributed by atoms with Crippen molar-refractivity contribution in [2.75, 3.05) is 0 Å². The summed E-state index contributed by atoms with van der Waals surface area (Å²) in [5, 5.41) is 10.0. The molecular formula is C10H13BrN4S. The van der Waals surface area contributed by atoms with E-state index in [-0.39, 0.29) is 6.04 Å². The van der Waals surface area contributed by atoms with Crippen LogP contribution in [0.25, 0.3) is 0 Å². The molecule has 0 saturated carbocycles. The van der Waals surface area contributed by atoms with Crippen LogP contribution < -0.4 is 5.73 Å². The Kier molecular flexibility index (Phi) is 3.73. The predicted molar refractivity (Wildman–Crippen MR) is 68.4 cm³/mol. The summed E-state index contributed by atoms with van der Waals surface area (Å²) < 4.78 is 2.96. The monoisotopic (exact) mass is 300 g/mol. The number of nitrogens with two attached hydrogens (primary N) is 1. The molecule has 1 atom stereocenters. The highest BCUT2D eigenvalue weighted by Crippen LogP contribution is 2.27. The summed E-state index contributed by atoms with van der Waals surface area (Å²) in [6.07, 6.45) is 2.77. The van der Waals surface area contributed by atoms with E-state index in [1.54, 1.807) is 17.5 Å². The third kappa shape index (κ3) is 2.34. The summed E-state index contributed by atoms with van der Waals surface area (Å²) in [7, 11) is 0. The van der Waals surface area contributed by atoms with E-state index in [2.05, 4.69) is 38.5 Å². The van der Waals surface area contributed by atoms with Gasteiger partial charge in [-0.2, -0.15) is 0 Å². The lowest BCUT2D eigenvalue weighted by Crippen LogP contribution is -2.17. The van der Waals surface area contributed by atoms with E-state index in [9.17, 15) is 0 Å². The van der Waals surface area contributed by atoms with Gasteiger partial charge < -0.3 is 5.73 Å². The van der Waals surface area contributed by atoms with Crippen LogP contribution in [0.15, 0.2) is 21.4 Å². The number of nitrogens with zero attached hydrogens (tertiary/aromatic N) is 3. The van der Waals surface area contributed by atoms with Gasteiger partial charge in [0.25, 0.3) is 0 Å². The molecule has 4 nitrogen and oxygen atoms in total. The van der Waals surface area contributed by atoms with Crippen LogP contribution in [0.1, 0.15) is 30.6 Å². The molecule has 0 aliphatic rings. The van der Waals surface area contributed by atoms with Crippen LogP contribution in [-0.4, -0.2) is 15.0 Å². The molecule has 2 rings (SSSR count). The summed E-state index contributed by atoms with van der Waals surface area (Å²) in [5.41, 5.74) is 8.25. The number of aryl methyl sites for hydroxylation is 1. The Bertz CT molecular complexity index is 465. The SMILES string of the molecule is CCCn1nncc1C(N)c1csc(Br)c1. The molecule has 86 valence electrons. The second-order valence-corrected chi connectivity index (χ2v) is 5.83. The molecule has 0 radical (unpaired) electrons. The van der Waals surface area contributed by atoms with Gasteiger partial charge in [0.2, 0.25) is 0 Å². The van der Waals surface area contributed by atoms with E-state index in [0.717, 1.165) is 28.0 Å². The van der Waals surface area contributed by atoms with Crippen LogP contribution in [0, 0.1) is 0 Å². The molecule has 0 saturated heterocycles. The quantitative estimate of drug-likeness (QED) is 0.944. The van der Waals surface area contributed by atoms with E-state index in [0.29, 0.717) is 0 Å². The standard InChI is InChI=1S/C10H13BrN4S/c1-2-3-15-8(5-13-14-15)10(12)7-4-9(11)16-6-7/h4-6,10H,2-3,12H2,1H3. The molecule has 0 aliphatic heterocycles. The Morgan fingerprint density at radius 1 is 1.62 bits per heavy atom. The fourth-order valence-electron chi connectivity index (χ4n) is 1.55. The smallest absolute Gasteiger partial charge is 0.0800 e.